The molecule has 0 bridgehead atoms. The molecule has 1 aromatic heterocycles. The molecule has 1 N–H and O–H groups in total. The molecule has 3 rings (SSSR count). The molecule has 1 heterocycles. The van der Waals surface area contributed by atoms with Gasteiger partial charge in [-0.3, -0.25) is 4.79 Å². The summed E-state index contributed by atoms with van der Waals surface area (Å²) < 4.78 is 18.3. The Morgan fingerprint density at radius 1 is 1.14 bits per heavy atom. The number of benzene rings is 2. The van der Waals surface area contributed by atoms with Crippen molar-refractivity contribution in [1.29, 1.82) is 0 Å². The molecule has 22 heavy (non-hydrogen) atoms. The molecule has 110 valence electrons. The number of carbonyl (C=O) groups is 1. The van der Waals surface area contributed by atoms with Gasteiger partial charge in [-0.2, -0.15) is 10.2 Å². The summed E-state index contributed by atoms with van der Waals surface area (Å²) in [5, 5.41) is 11.2. The number of rotatable bonds is 4. The third-order valence-electron chi connectivity index (χ3n) is 3.00. The SMILES string of the molecule is O=C(COc1cnnc2ccccc12)Nc1ccc(F)cc1. The molecular formula is C16H12FN3O2. The lowest BCUT2D eigenvalue weighted by atomic mass is 10.2. The van der Waals surface area contributed by atoms with E-state index in [1.54, 1.807) is 0 Å². The van der Waals surface area contributed by atoms with Gasteiger partial charge in [0.05, 0.1) is 11.7 Å². The van der Waals surface area contributed by atoms with Crippen LogP contribution in [0.2, 0.25) is 0 Å². The van der Waals surface area contributed by atoms with E-state index >= 15 is 0 Å². The summed E-state index contributed by atoms with van der Waals surface area (Å²) in [6.07, 6.45) is 1.47. The maximum atomic E-state index is 12.8. The maximum Gasteiger partial charge on any atom is 0.262 e. The lowest BCUT2D eigenvalue weighted by molar-refractivity contribution is -0.118. The van der Waals surface area contributed by atoms with Crippen molar-refractivity contribution in [1.82, 2.24) is 10.2 Å². The first-order chi connectivity index (χ1) is 10.7. The summed E-state index contributed by atoms with van der Waals surface area (Å²) in [6.45, 7) is -0.174. The van der Waals surface area contributed by atoms with Crippen LogP contribution in [0.25, 0.3) is 10.9 Å². The van der Waals surface area contributed by atoms with Crippen molar-refractivity contribution in [3.63, 3.8) is 0 Å². The summed E-state index contributed by atoms with van der Waals surface area (Å²) in [7, 11) is 0. The van der Waals surface area contributed by atoms with E-state index in [9.17, 15) is 9.18 Å². The van der Waals surface area contributed by atoms with Gasteiger partial charge in [-0.05, 0) is 36.4 Å². The van der Waals surface area contributed by atoms with Crippen LogP contribution in [-0.2, 0) is 4.79 Å². The zero-order valence-electron chi connectivity index (χ0n) is 11.5. The largest absolute Gasteiger partial charge is 0.481 e. The molecule has 0 saturated carbocycles. The predicted octanol–water partition coefficient (Wildman–Crippen LogP) is 2.79. The molecule has 0 fully saturated rings. The van der Waals surface area contributed by atoms with Gasteiger partial charge in [0, 0.05) is 11.1 Å². The van der Waals surface area contributed by atoms with Crippen LogP contribution < -0.4 is 10.1 Å². The Morgan fingerprint density at radius 3 is 2.73 bits per heavy atom. The monoisotopic (exact) mass is 297 g/mol. The number of hydrogen-bond acceptors (Lipinski definition) is 4. The second-order valence-electron chi connectivity index (χ2n) is 4.57. The van der Waals surface area contributed by atoms with E-state index in [0.29, 0.717) is 17.0 Å². The van der Waals surface area contributed by atoms with Crippen LogP contribution in [-0.4, -0.2) is 22.7 Å². The smallest absolute Gasteiger partial charge is 0.262 e. The van der Waals surface area contributed by atoms with Crippen LogP contribution in [0.4, 0.5) is 10.1 Å². The highest BCUT2D eigenvalue weighted by atomic mass is 19.1. The molecule has 0 saturated heterocycles. The Balaban J connectivity index is 1.66. The minimum Gasteiger partial charge on any atom is -0.481 e. The van der Waals surface area contributed by atoms with E-state index in [1.807, 2.05) is 24.3 Å². The Kier molecular flexibility index (Phi) is 3.91. The third-order valence-corrected chi connectivity index (χ3v) is 3.00. The summed E-state index contributed by atoms with van der Waals surface area (Å²) in [5.41, 5.74) is 1.20. The van der Waals surface area contributed by atoms with Gasteiger partial charge in [0.2, 0.25) is 0 Å². The normalized spacial score (nSPS) is 10.4. The predicted molar refractivity (Wildman–Crippen MR) is 80.1 cm³/mol. The Labute approximate surface area is 125 Å². The lowest BCUT2D eigenvalue weighted by Crippen LogP contribution is -2.20. The number of hydrogen-bond donors (Lipinski definition) is 1. The number of fused-ring (bicyclic) bond motifs is 1. The number of nitrogens with one attached hydrogen (secondary N) is 1. The number of anilines is 1. The molecular weight excluding hydrogens is 285 g/mol. The van der Waals surface area contributed by atoms with Crippen molar-refractivity contribution < 1.29 is 13.9 Å². The van der Waals surface area contributed by atoms with E-state index in [-0.39, 0.29) is 18.3 Å². The summed E-state index contributed by atoms with van der Waals surface area (Å²) in [6, 6.07) is 12.9. The van der Waals surface area contributed by atoms with Crippen molar-refractivity contribution in [2.24, 2.45) is 0 Å². The van der Waals surface area contributed by atoms with Gasteiger partial charge in [-0.1, -0.05) is 12.1 Å². The first-order valence-corrected chi connectivity index (χ1v) is 6.61. The molecule has 0 aliphatic rings. The fourth-order valence-corrected chi connectivity index (χ4v) is 1.97. The molecule has 2 aromatic carbocycles. The number of carbonyl (C=O) groups excluding carboxylic acids is 1. The minimum absolute atomic E-state index is 0.174. The summed E-state index contributed by atoms with van der Waals surface area (Å²) >= 11 is 0. The Bertz CT molecular complexity index is 801. The van der Waals surface area contributed by atoms with Gasteiger partial charge < -0.3 is 10.1 Å². The molecule has 0 aliphatic carbocycles. The van der Waals surface area contributed by atoms with E-state index in [1.165, 1.54) is 30.5 Å². The zero-order chi connectivity index (χ0) is 15.4. The number of ether oxygens (including phenoxy) is 1. The van der Waals surface area contributed by atoms with Crippen LogP contribution in [0.5, 0.6) is 5.75 Å². The Morgan fingerprint density at radius 2 is 1.91 bits per heavy atom. The van der Waals surface area contributed by atoms with Gasteiger partial charge in [0.15, 0.2) is 6.61 Å². The van der Waals surface area contributed by atoms with E-state index in [2.05, 4.69) is 15.5 Å². The highest BCUT2D eigenvalue weighted by Gasteiger charge is 2.07. The fraction of sp³-hybridized carbons (Fsp3) is 0.0625. The molecule has 6 heteroatoms. The highest BCUT2D eigenvalue weighted by molar-refractivity contribution is 5.92. The number of halogens is 1. The third kappa shape index (κ3) is 3.17. The number of amides is 1. The molecule has 0 atom stereocenters. The molecule has 0 aliphatic heterocycles. The van der Waals surface area contributed by atoms with Crippen molar-refractivity contribution in [2.45, 2.75) is 0 Å². The average molecular weight is 297 g/mol. The van der Waals surface area contributed by atoms with E-state index in [0.717, 1.165) is 5.39 Å². The second kappa shape index (κ2) is 6.17. The quantitative estimate of drug-likeness (QED) is 0.804. The van der Waals surface area contributed by atoms with Gasteiger partial charge >= 0.3 is 0 Å². The topological polar surface area (TPSA) is 64.1 Å². The molecule has 5 nitrogen and oxygen atoms in total. The van der Waals surface area contributed by atoms with Crippen LogP contribution in [0.1, 0.15) is 0 Å². The Hall–Kier alpha value is -3.02. The van der Waals surface area contributed by atoms with Crippen molar-refractivity contribution in [2.75, 3.05) is 11.9 Å². The molecule has 0 unspecified atom stereocenters. The maximum absolute atomic E-state index is 12.8. The van der Waals surface area contributed by atoms with Crippen LogP contribution in [0.15, 0.2) is 54.7 Å². The summed E-state index contributed by atoms with van der Waals surface area (Å²) in [5.74, 6) is -0.212. The van der Waals surface area contributed by atoms with Crippen molar-refractivity contribution >= 4 is 22.5 Å². The summed E-state index contributed by atoms with van der Waals surface area (Å²) in [4.78, 5) is 11.8. The fourth-order valence-electron chi connectivity index (χ4n) is 1.97. The van der Waals surface area contributed by atoms with Crippen LogP contribution in [0, 0.1) is 5.82 Å². The van der Waals surface area contributed by atoms with Crippen LogP contribution >= 0.6 is 0 Å². The van der Waals surface area contributed by atoms with Crippen molar-refractivity contribution in [3.05, 3.63) is 60.5 Å². The zero-order valence-corrected chi connectivity index (χ0v) is 11.5. The van der Waals surface area contributed by atoms with Crippen molar-refractivity contribution in [3.8, 4) is 5.75 Å². The molecule has 0 spiro atoms. The second-order valence-corrected chi connectivity index (χ2v) is 4.57. The van der Waals surface area contributed by atoms with Gasteiger partial charge in [-0.15, -0.1) is 0 Å². The average Bonchev–Trinajstić information content (AvgIpc) is 2.55. The van der Waals surface area contributed by atoms with E-state index < -0.39 is 0 Å². The van der Waals surface area contributed by atoms with Gasteiger partial charge in [-0.25, -0.2) is 4.39 Å². The first-order valence-electron chi connectivity index (χ1n) is 6.61. The standard InChI is InChI=1S/C16H12FN3O2/c17-11-5-7-12(8-6-11)19-16(21)10-22-15-9-18-20-14-4-2-1-3-13(14)15/h1-9H,10H2,(H,19,21). The highest BCUT2D eigenvalue weighted by Crippen LogP contribution is 2.22. The number of aromatic nitrogens is 2. The lowest BCUT2D eigenvalue weighted by Gasteiger charge is -2.08. The molecule has 3 aromatic rings. The van der Waals surface area contributed by atoms with E-state index in [4.69, 9.17) is 4.74 Å². The molecule has 0 radical (unpaired) electrons. The van der Waals surface area contributed by atoms with Gasteiger partial charge in [0.1, 0.15) is 11.6 Å². The minimum atomic E-state index is -0.358. The first kappa shape index (κ1) is 13.9. The molecule has 1 amide bonds. The van der Waals surface area contributed by atoms with Crippen LogP contribution in [0.3, 0.4) is 0 Å². The number of nitrogens with zero attached hydrogens (tertiary/aromatic N) is 2. The van der Waals surface area contributed by atoms with Gasteiger partial charge in [0.25, 0.3) is 5.91 Å².